The lowest BCUT2D eigenvalue weighted by atomic mass is 9.78. The maximum absolute atomic E-state index is 11.3. The number of carboxylic acids is 1. The van der Waals surface area contributed by atoms with Gasteiger partial charge in [0.05, 0.1) is 0 Å². The fourth-order valence-corrected chi connectivity index (χ4v) is 1.61. The second-order valence-electron chi connectivity index (χ2n) is 3.39. The number of hydrogen-bond acceptors (Lipinski definition) is 3. The van der Waals surface area contributed by atoms with Crippen molar-refractivity contribution < 1.29 is 9.90 Å². The van der Waals surface area contributed by atoms with Gasteiger partial charge in [-0.15, -0.1) is 0 Å². The zero-order valence-corrected chi connectivity index (χ0v) is 8.00. The Labute approximate surface area is 87.0 Å². The minimum Gasteiger partial charge on any atom is -0.480 e. The first kappa shape index (κ1) is 9.58. The molecule has 1 atom stereocenters. The Kier molecular flexibility index (Phi) is 2.33. The van der Waals surface area contributed by atoms with E-state index in [4.69, 9.17) is 0 Å². The van der Waals surface area contributed by atoms with Crippen molar-refractivity contribution in [1.82, 2.24) is 4.98 Å². The molecule has 0 aromatic carbocycles. The summed E-state index contributed by atoms with van der Waals surface area (Å²) in [5, 5.41) is 9.29. The quantitative estimate of drug-likeness (QED) is 0.788. The molecular weight excluding hydrogens is 192 g/mol. The first-order chi connectivity index (χ1) is 7.26. The van der Waals surface area contributed by atoms with E-state index < -0.39 is 11.4 Å². The molecule has 0 radical (unpaired) electrons. The number of aliphatic imine (C=N–C) groups is 1. The Hall–Kier alpha value is -1.97. The van der Waals surface area contributed by atoms with Gasteiger partial charge in [-0.3, -0.25) is 14.8 Å². The summed E-state index contributed by atoms with van der Waals surface area (Å²) in [6.07, 6.45) is 8.43. The molecule has 0 aliphatic carbocycles. The topological polar surface area (TPSA) is 62.5 Å². The molecule has 1 aliphatic rings. The molecule has 1 N–H and O–H groups in total. The van der Waals surface area contributed by atoms with Crippen molar-refractivity contribution in [2.45, 2.75) is 11.8 Å². The van der Waals surface area contributed by atoms with E-state index in [0.29, 0.717) is 12.0 Å². The molecule has 0 amide bonds. The second kappa shape index (κ2) is 3.65. The molecule has 1 aromatic heterocycles. The third kappa shape index (κ3) is 1.54. The van der Waals surface area contributed by atoms with Crippen molar-refractivity contribution in [3.63, 3.8) is 0 Å². The van der Waals surface area contributed by atoms with Crippen molar-refractivity contribution in [3.8, 4) is 0 Å². The highest BCUT2D eigenvalue weighted by atomic mass is 16.4. The summed E-state index contributed by atoms with van der Waals surface area (Å²) < 4.78 is 0. The van der Waals surface area contributed by atoms with Crippen molar-refractivity contribution in [3.05, 3.63) is 42.4 Å². The van der Waals surface area contributed by atoms with Crippen LogP contribution in [0.5, 0.6) is 0 Å². The normalized spacial score (nSPS) is 24.0. The molecule has 76 valence electrons. The van der Waals surface area contributed by atoms with E-state index in [0.717, 1.165) is 0 Å². The molecule has 0 saturated heterocycles. The summed E-state index contributed by atoms with van der Waals surface area (Å²) in [6, 6.07) is 3.48. The number of carboxylic acid groups (broad SMARTS) is 1. The minimum absolute atomic E-state index is 0.414. The number of carbonyl (C=O) groups is 1. The monoisotopic (exact) mass is 202 g/mol. The van der Waals surface area contributed by atoms with Gasteiger partial charge in [0.2, 0.25) is 0 Å². The summed E-state index contributed by atoms with van der Waals surface area (Å²) >= 11 is 0. The van der Waals surface area contributed by atoms with Crippen LogP contribution in [0.2, 0.25) is 0 Å². The Bertz CT molecular complexity index is 425. The van der Waals surface area contributed by atoms with E-state index in [9.17, 15) is 9.90 Å². The molecule has 0 spiro atoms. The largest absolute Gasteiger partial charge is 0.480 e. The third-order valence-corrected chi connectivity index (χ3v) is 2.48. The Morgan fingerprint density at radius 2 is 2.40 bits per heavy atom. The summed E-state index contributed by atoms with van der Waals surface area (Å²) in [5.74, 6) is -0.899. The lowest BCUT2D eigenvalue weighted by molar-refractivity contribution is -0.140. The highest BCUT2D eigenvalue weighted by Crippen LogP contribution is 2.28. The van der Waals surface area contributed by atoms with Crippen LogP contribution in [0.3, 0.4) is 0 Å². The second-order valence-corrected chi connectivity index (χ2v) is 3.39. The average molecular weight is 202 g/mol. The fraction of sp³-hybridized carbons (Fsp3) is 0.182. The van der Waals surface area contributed by atoms with Gasteiger partial charge < -0.3 is 5.11 Å². The molecule has 15 heavy (non-hydrogen) atoms. The van der Waals surface area contributed by atoms with Gasteiger partial charge in [0.25, 0.3) is 0 Å². The summed E-state index contributed by atoms with van der Waals surface area (Å²) in [5.41, 5.74) is -0.395. The maximum Gasteiger partial charge on any atom is 0.320 e. The Morgan fingerprint density at radius 1 is 1.53 bits per heavy atom. The van der Waals surface area contributed by atoms with Crippen LogP contribution in [-0.2, 0) is 10.2 Å². The highest BCUT2D eigenvalue weighted by Gasteiger charge is 2.38. The molecule has 4 heteroatoms. The van der Waals surface area contributed by atoms with Crippen LogP contribution in [0.25, 0.3) is 0 Å². The molecule has 2 rings (SSSR count). The van der Waals surface area contributed by atoms with Crippen LogP contribution < -0.4 is 0 Å². The van der Waals surface area contributed by atoms with Gasteiger partial charge in [0.1, 0.15) is 5.41 Å². The van der Waals surface area contributed by atoms with Crippen LogP contribution >= 0.6 is 0 Å². The van der Waals surface area contributed by atoms with Gasteiger partial charge in [-0.25, -0.2) is 0 Å². The molecule has 1 unspecified atom stereocenters. The van der Waals surface area contributed by atoms with E-state index in [1.54, 1.807) is 36.8 Å². The van der Waals surface area contributed by atoms with Gasteiger partial charge in [-0.05, 0) is 18.1 Å². The number of pyridine rings is 1. The number of aromatic nitrogens is 1. The maximum atomic E-state index is 11.3. The molecule has 0 saturated carbocycles. The van der Waals surface area contributed by atoms with Crippen molar-refractivity contribution in [2.75, 3.05) is 0 Å². The zero-order valence-electron chi connectivity index (χ0n) is 8.00. The first-order valence-electron chi connectivity index (χ1n) is 4.59. The van der Waals surface area contributed by atoms with Crippen molar-refractivity contribution in [2.24, 2.45) is 4.99 Å². The predicted molar refractivity (Wildman–Crippen MR) is 55.8 cm³/mol. The summed E-state index contributed by atoms with van der Waals surface area (Å²) in [7, 11) is 0. The average Bonchev–Trinajstić information content (AvgIpc) is 2.31. The van der Waals surface area contributed by atoms with Gasteiger partial charge >= 0.3 is 5.97 Å². The smallest absolute Gasteiger partial charge is 0.320 e. The highest BCUT2D eigenvalue weighted by molar-refractivity contribution is 6.01. The molecular formula is C11H10N2O2. The van der Waals surface area contributed by atoms with E-state index in [1.807, 2.05) is 0 Å². The lowest BCUT2D eigenvalue weighted by Crippen LogP contribution is -2.38. The van der Waals surface area contributed by atoms with E-state index in [2.05, 4.69) is 9.98 Å². The first-order valence-corrected chi connectivity index (χ1v) is 4.59. The number of nitrogens with zero attached hydrogens (tertiary/aromatic N) is 2. The van der Waals surface area contributed by atoms with Crippen LogP contribution in [0.4, 0.5) is 0 Å². The van der Waals surface area contributed by atoms with Gasteiger partial charge in [-0.2, -0.15) is 0 Å². The van der Waals surface area contributed by atoms with Crippen LogP contribution in [0, 0.1) is 0 Å². The predicted octanol–water partition coefficient (Wildman–Crippen LogP) is 1.39. The molecule has 1 aliphatic heterocycles. The van der Waals surface area contributed by atoms with Crippen molar-refractivity contribution >= 4 is 12.2 Å². The SMILES string of the molecule is O=C(O)C1(c2cccnc2)C=NC=CC1. The van der Waals surface area contributed by atoms with Gasteiger partial charge in [-0.1, -0.05) is 12.1 Å². The summed E-state index contributed by atoms with van der Waals surface area (Å²) in [4.78, 5) is 19.2. The molecule has 2 heterocycles. The standard InChI is InChI=1S/C11H10N2O2/c14-10(15)11(4-2-6-13-8-11)9-3-1-5-12-7-9/h1-3,5-8H,4H2,(H,14,15). The van der Waals surface area contributed by atoms with Crippen LogP contribution in [-0.4, -0.2) is 22.3 Å². The third-order valence-electron chi connectivity index (χ3n) is 2.48. The molecule has 4 nitrogen and oxygen atoms in total. The fourth-order valence-electron chi connectivity index (χ4n) is 1.61. The Morgan fingerprint density at radius 3 is 2.93 bits per heavy atom. The van der Waals surface area contributed by atoms with Crippen LogP contribution in [0.15, 0.2) is 41.8 Å². The van der Waals surface area contributed by atoms with Gasteiger partial charge in [0.15, 0.2) is 0 Å². The van der Waals surface area contributed by atoms with E-state index >= 15 is 0 Å². The number of allylic oxidation sites excluding steroid dienone is 1. The number of hydrogen-bond donors (Lipinski definition) is 1. The molecule has 0 bridgehead atoms. The molecule has 1 aromatic rings. The van der Waals surface area contributed by atoms with E-state index in [-0.39, 0.29) is 0 Å². The summed E-state index contributed by atoms with van der Waals surface area (Å²) in [6.45, 7) is 0. The van der Waals surface area contributed by atoms with Crippen molar-refractivity contribution in [1.29, 1.82) is 0 Å². The molecule has 0 fully saturated rings. The van der Waals surface area contributed by atoms with E-state index in [1.165, 1.54) is 6.21 Å². The van der Waals surface area contributed by atoms with Gasteiger partial charge in [0, 0.05) is 24.8 Å². The zero-order chi connectivity index (χ0) is 10.7. The number of rotatable bonds is 2. The van der Waals surface area contributed by atoms with Crippen LogP contribution in [0.1, 0.15) is 12.0 Å². The lowest BCUT2D eigenvalue weighted by Gasteiger charge is -2.25. The minimum atomic E-state index is -1.05. The Balaban J connectivity index is 2.49. The number of aliphatic carboxylic acids is 1.